The van der Waals surface area contributed by atoms with Crippen molar-refractivity contribution in [3.05, 3.63) is 0 Å². The first-order valence-electron chi connectivity index (χ1n) is 10.9. The standard InChI is InChI=1S/C21H40O7/c1-3-4-5-6-7-8-9-10-11-12-13-14-17(23)28-20-18(24)16(15-22)27-21(26-2)19(20)25/h16,18-22,24-25H,3-15H2,1-2H3/t16-,18-,19-,20+,21-/m1/s1. The summed E-state index contributed by atoms with van der Waals surface area (Å²) in [5.41, 5.74) is 0. The number of esters is 1. The molecular formula is C21H40O7. The number of methoxy groups -OCH3 is 1. The van der Waals surface area contributed by atoms with Crippen molar-refractivity contribution in [2.75, 3.05) is 13.7 Å². The van der Waals surface area contributed by atoms with E-state index in [4.69, 9.17) is 14.2 Å². The highest BCUT2D eigenvalue weighted by Crippen LogP contribution is 2.24. The van der Waals surface area contributed by atoms with Gasteiger partial charge in [0.15, 0.2) is 12.4 Å². The number of hydrogen-bond donors (Lipinski definition) is 3. The SMILES string of the molecule is CCCCCCCCCCCCCC(=O)O[C@@H]1[C@@H](O)[C@H](OC)O[C@H](CO)[C@H]1O. The maximum absolute atomic E-state index is 12.1. The largest absolute Gasteiger partial charge is 0.456 e. The maximum atomic E-state index is 12.1. The summed E-state index contributed by atoms with van der Waals surface area (Å²) in [6.45, 7) is 1.77. The lowest BCUT2D eigenvalue weighted by atomic mass is 9.99. The molecule has 0 unspecified atom stereocenters. The Bertz CT molecular complexity index is 388. The van der Waals surface area contributed by atoms with Gasteiger partial charge in [-0.05, 0) is 6.42 Å². The summed E-state index contributed by atoms with van der Waals surface area (Å²) < 4.78 is 15.5. The molecule has 0 spiro atoms. The lowest BCUT2D eigenvalue weighted by molar-refractivity contribution is -0.297. The minimum absolute atomic E-state index is 0.245. The van der Waals surface area contributed by atoms with Crippen LogP contribution in [0.4, 0.5) is 0 Å². The van der Waals surface area contributed by atoms with Crippen LogP contribution in [0, 0.1) is 0 Å². The van der Waals surface area contributed by atoms with Gasteiger partial charge in [0, 0.05) is 13.5 Å². The molecule has 1 heterocycles. The van der Waals surface area contributed by atoms with Gasteiger partial charge in [0.2, 0.25) is 0 Å². The normalized spacial score (nSPS) is 27.7. The van der Waals surface area contributed by atoms with E-state index >= 15 is 0 Å². The molecule has 1 rings (SSSR count). The Morgan fingerprint density at radius 3 is 1.93 bits per heavy atom. The summed E-state index contributed by atoms with van der Waals surface area (Å²) >= 11 is 0. The van der Waals surface area contributed by atoms with E-state index in [1.54, 1.807) is 0 Å². The second-order valence-corrected chi connectivity index (χ2v) is 7.68. The van der Waals surface area contributed by atoms with Gasteiger partial charge in [-0.15, -0.1) is 0 Å². The predicted octanol–water partition coefficient (Wildman–Crippen LogP) is 2.68. The molecule has 0 aromatic carbocycles. The van der Waals surface area contributed by atoms with Gasteiger partial charge in [-0.1, -0.05) is 71.1 Å². The third-order valence-corrected chi connectivity index (χ3v) is 5.31. The zero-order valence-corrected chi connectivity index (χ0v) is 17.6. The van der Waals surface area contributed by atoms with Crippen molar-refractivity contribution < 1.29 is 34.3 Å². The van der Waals surface area contributed by atoms with E-state index in [1.807, 2.05) is 0 Å². The molecule has 0 radical (unpaired) electrons. The molecule has 3 N–H and O–H groups in total. The van der Waals surface area contributed by atoms with Gasteiger partial charge in [-0.2, -0.15) is 0 Å². The van der Waals surface area contributed by atoms with Crippen LogP contribution >= 0.6 is 0 Å². The fourth-order valence-corrected chi connectivity index (χ4v) is 3.53. The van der Waals surface area contributed by atoms with Gasteiger partial charge in [0.05, 0.1) is 6.61 Å². The summed E-state index contributed by atoms with van der Waals surface area (Å²) in [5.74, 6) is -0.465. The first-order valence-corrected chi connectivity index (χ1v) is 10.9. The third kappa shape index (κ3) is 9.18. The van der Waals surface area contributed by atoms with E-state index in [9.17, 15) is 20.1 Å². The van der Waals surface area contributed by atoms with Crippen LogP contribution in [-0.4, -0.2) is 65.7 Å². The van der Waals surface area contributed by atoms with Gasteiger partial charge in [0.25, 0.3) is 0 Å². The molecule has 0 saturated carbocycles. The third-order valence-electron chi connectivity index (χ3n) is 5.31. The number of unbranched alkanes of at least 4 members (excludes halogenated alkanes) is 10. The van der Waals surface area contributed by atoms with Crippen LogP contribution in [0.1, 0.15) is 84.0 Å². The molecule has 5 atom stereocenters. The maximum Gasteiger partial charge on any atom is 0.306 e. The van der Waals surface area contributed by atoms with Crippen molar-refractivity contribution in [3.63, 3.8) is 0 Å². The van der Waals surface area contributed by atoms with Gasteiger partial charge in [0.1, 0.15) is 18.3 Å². The Labute approximate surface area is 169 Å². The molecule has 1 saturated heterocycles. The second kappa shape index (κ2) is 15.2. The van der Waals surface area contributed by atoms with E-state index in [-0.39, 0.29) is 6.42 Å². The number of carbonyl (C=O) groups excluding carboxylic acids is 1. The van der Waals surface area contributed by atoms with Crippen LogP contribution in [0.2, 0.25) is 0 Å². The molecule has 7 heteroatoms. The van der Waals surface area contributed by atoms with Gasteiger partial charge in [-0.25, -0.2) is 0 Å². The second-order valence-electron chi connectivity index (χ2n) is 7.68. The minimum Gasteiger partial charge on any atom is -0.456 e. The van der Waals surface area contributed by atoms with Crippen molar-refractivity contribution in [3.8, 4) is 0 Å². The molecule has 0 aromatic heterocycles. The van der Waals surface area contributed by atoms with Gasteiger partial charge < -0.3 is 29.5 Å². The number of aliphatic hydroxyl groups excluding tert-OH is 3. The molecule has 1 aliphatic heterocycles. The number of ether oxygens (including phenoxy) is 3. The Balaban J connectivity index is 2.15. The molecule has 28 heavy (non-hydrogen) atoms. The highest BCUT2D eigenvalue weighted by Gasteiger charge is 2.46. The van der Waals surface area contributed by atoms with E-state index in [2.05, 4.69) is 6.92 Å². The van der Waals surface area contributed by atoms with Gasteiger partial charge in [-0.3, -0.25) is 4.79 Å². The molecule has 1 aliphatic rings. The Kier molecular flexibility index (Phi) is 13.7. The summed E-state index contributed by atoms with van der Waals surface area (Å²) in [7, 11) is 1.34. The van der Waals surface area contributed by atoms with Crippen LogP contribution in [0.3, 0.4) is 0 Å². The van der Waals surface area contributed by atoms with Gasteiger partial charge >= 0.3 is 5.97 Å². The zero-order valence-electron chi connectivity index (χ0n) is 17.6. The Hall–Kier alpha value is -0.730. The molecular weight excluding hydrogens is 364 g/mol. The highest BCUT2D eigenvalue weighted by molar-refractivity contribution is 5.69. The van der Waals surface area contributed by atoms with Crippen LogP contribution in [-0.2, 0) is 19.0 Å². The molecule has 0 amide bonds. The van der Waals surface area contributed by atoms with Crippen molar-refractivity contribution in [2.24, 2.45) is 0 Å². The van der Waals surface area contributed by atoms with E-state index in [0.717, 1.165) is 19.3 Å². The number of aliphatic hydroxyl groups is 3. The molecule has 1 fully saturated rings. The van der Waals surface area contributed by atoms with Crippen LogP contribution in [0.5, 0.6) is 0 Å². The Morgan fingerprint density at radius 2 is 1.43 bits per heavy atom. The first-order chi connectivity index (χ1) is 13.5. The van der Waals surface area contributed by atoms with Crippen molar-refractivity contribution in [1.29, 1.82) is 0 Å². The van der Waals surface area contributed by atoms with Crippen LogP contribution in [0.25, 0.3) is 0 Å². The highest BCUT2D eigenvalue weighted by atomic mass is 16.7. The molecule has 166 valence electrons. The topological polar surface area (TPSA) is 105 Å². The van der Waals surface area contributed by atoms with E-state index in [1.165, 1.54) is 58.5 Å². The monoisotopic (exact) mass is 404 g/mol. The van der Waals surface area contributed by atoms with Crippen molar-refractivity contribution >= 4 is 5.97 Å². The Morgan fingerprint density at radius 1 is 0.893 bits per heavy atom. The summed E-state index contributed by atoms with van der Waals surface area (Å²) in [6, 6.07) is 0. The lowest BCUT2D eigenvalue weighted by Crippen LogP contribution is -2.60. The number of hydrogen-bond acceptors (Lipinski definition) is 7. The van der Waals surface area contributed by atoms with E-state index < -0.39 is 43.3 Å². The van der Waals surface area contributed by atoms with Crippen LogP contribution in [0.15, 0.2) is 0 Å². The summed E-state index contributed by atoms with van der Waals surface area (Å²) in [5, 5.41) is 29.6. The molecule has 0 bridgehead atoms. The fraction of sp³-hybridized carbons (Fsp3) is 0.952. The lowest BCUT2D eigenvalue weighted by Gasteiger charge is -2.40. The first kappa shape index (κ1) is 25.3. The summed E-state index contributed by atoms with van der Waals surface area (Å²) in [4.78, 5) is 12.1. The van der Waals surface area contributed by atoms with Crippen molar-refractivity contribution in [1.82, 2.24) is 0 Å². The van der Waals surface area contributed by atoms with E-state index in [0.29, 0.717) is 0 Å². The average Bonchev–Trinajstić information content (AvgIpc) is 2.69. The van der Waals surface area contributed by atoms with Crippen molar-refractivity contribution in [2.45, 2.75) is 115 Å². The van der Waals surface area contributed by atoms with Crippen LogP contribution < -0.4 is 0 Å². The molecule has 0 aromatic rings. The average molecular weight is 405 g/mol. The predicted molar refractivity (Wildman–Crippen MR) is 106 cm³/mol. The minimum atomic E-state index is -1.30. The number of rotatable bonds is 15. The fourth-order valence-electron chi connectivity index (χ4n) is 3.53. The molecule has 7 nitrogen and oxygen atoms in total. The number of carbonyl (C=O) groups is 1. The zero-order chi connectivity index (χ0) is 20.8. The quantitative estimate of drug-likeness (QED) is 0.285. The molecule has 0 aliphatic carbocycles. The summed E-state index contributed by atoms with van der Waals surface area (Å²) in [6.07, 6.45) is 7.59. The smallest absolute Gasteiger partial charge is 0.306 e.